The van der Waals surface area contributed by atoms with Crippen LogP contribution in [-0.2, 0) is 6.16 Å². The van der Waals surface area contributed by atoms with E-state index in [2.05, 4.69) is 19.1 Å². The number of hydrogen-bond donors (Lipinski definition) is 2. The molecule has 0 saturated carbocycles. The molecule has 0 aliphatic heterocycles. The van der Waals surface area contributed by atoms with E-state index in [1.807, 2.05) is 18.2 Å². The Bertz CT molecular complexity index is 367. The summed E-state index contributed by atoms with van der Waals surface area (Å²) >= 11 is 0. The first-order chi connectivity index (χ1) is 11.2. The average molecular weight is 338 g/mol. The first-order valence-electron chi connectivity index (χ1n) is 9.38. The lowest BCUT2D eigenvalue weighted by Gasteiger charge is -2.19. The van der Waals surface area contributed by atoms with Crippen molar-refractivity contribution >= 4 is 7.92 Å². The molecular weight excluding hydrogens is 303 g/mol. The van der Waals surface area contributed by atoms with Crippen LogP contribution in [0.15, 0.2) is 30.3 Å². The summed E-state index contributed by atoms with van der Waals surface area (Å²) in [5, 5.41) is 19.2. The minimum atomic E-state index is -1.14. The number of unbranched alkanes of at least 4 members (excludes halogenated alkanes) is 9. The lowest BCUT2D eigenvalue weighted by atomic mass is 10.1. The molecule has 0 aliphatic carbocycles. The fourth-order valence-corrected chi connectivity index (χ4v) is 4.76. The monoisotopic (exact) mass is 338 g/mol. The Kier molecular flexibility index (Phi) is 12.5. The molecule has 0 fully saturated rings. The molecule has 3 heteroatoms. The summed E-state index contributed by atoms with van der Waals surface area (Å²) < 4.78 is 0. The van der Waals surface area contributed by atoms with E-state index in [1.54, 1.807) is 0 Å². The molecule has 0 aromatic heterocycles. The number of benzene rings is 1. The van der Waals surface area contributed by atoms with Crippen LogP contribution >= 0.6 is 7.92 Å². The van der Waals surface area contributed by atoms with E-state index in [0.717, 1.165) is 18.7 Å². The summed E-state index contributed by atoms with van der Waals surface area (Å²) in [7, 11) is -0.719. The molecule has 1 unspecified atom stereocenters. The maximum absolute atomic E-state index is 9.60. The average Bonchev–Trinajstić information content (AvgIpc) is 2.56. The van der Waals surface area contributed by atoms with Gasteiger partial charge in [0, 0.05) is 0 Å². The number of rotatable bonds is 14. The second-order valence-electron chi connectivity index (χ2n) is 6.48. The molecule has 2 N–H and O–H groups in total. The van der Waals surface area contributed by atoms with Gasteiger partial charge < -0.3 is 10.2 Å². The maximum Gasteiger partial charge on any atom is 0.170 e. The molecule has 1 aromatic carbocycles. The van der Waals surface area contributed by atoms with Crippen LogP contribution in [0.5, 0.6) is 0 Å². The predicted octanol–water partition coefficient (Wildman–Crippen LogP) is 5.86. The van der Waals surface area contributed by atoms with Gasteiger partial charge in [-0.15, -0.1) is 0 Å². The van der Waals surface area contributed by atoms with Crippen LogP contribution < -0.4 is 0 Å². The molecule has 23 heavy (non-hydrogen) atoms. The molecule has 0 bridgehead atoms. The Morgan fingerprint density at radius 1 is 0.783 bits per heavy atom. The maximum atomic E-state index is 9.60. The Morgan fingerprint density at radius 3 is 1.83 bits per heavy atom. The fourth-order valence-electron chi connectivity index (χ4n) is 2.90. The van der Waals surface area contributed by atoms with Crippen molar-refractivity contribution in [2.75, 3.05) is 6.16 Å². The second-order valence-corrected chi connectivity index (χ2v) is 8.89. The van der Waals surface area contributed by atoms with E-state index in [-0.39, 0.29) is 0 Å². The van der Waals surface area contributed by atoms with Crippen LogP contribution in [0, 0.1) is 0 Å². The Morgan fingerprint density at radius 2 is 1.30 bits per heavy atom. The van der Waals surface area contributed by atoms with Gasteiger partial charge in [0.1, 0.15) is 0 Å². The SMILES string of the molecule is CCCCCCCCCCCCP(Cc1ccccc1)C(O)O. The van der Waals surface area contributed by atoms with Crippen molar-refractivity contribution < 1.29 is 10.2 Å². The molecule has 0 radical (unpaired) electrons. The molecular formula is C20H35O2P. The van der Waals surface area contributed by atoms with Gasteiger partial charge in [-0.2, -0.15) is 0 Å². The minimum absolute atomic E-state index is 0.719. The summed E-state index contributed by atoms with van der Waals surface area (Å²) in [4.78, 5) is 0. The highest BCUT2D eigenvalue weighted by Gasteiger charge is 2.15. The van der Waals surface area contributed by atoms with Crippen molar-refractivity contribution in [1.82, 2.24) is 0 Å². The smallest absolute Gasteiger partial charge is 0.170 e. The molecule has 1 aromatic rings. The van der Waals surface area contributed by atoms with Gasteiger partial charge in [-0.25, -0.2) is 0 Å². The van der Waals surface area contributed by atoms with Crippen LogP contribution in [0.2, 0.25) is 0 Å². The highest BCUT2D eigenvalue weighted by Crippen LogP contribution is 2.43. The zero-order valence-electron chi connectivity index (χ0n) is 14.8. The topological polar surface area (TPSA) is 40.5 Å². The predicted molar refractivity (Wildman–Crippen MR) is 102 cm³/mol. The molecule has 0 saturated heterocycles. The summed E-state index contributed by atoms with van der Waals surface area (Å²) in [5.41, 5.74) is 1.22. The van der Waals surface area contributed by atoms with Crippen LogP contribution in [0.3, 0.4) is 0 Å². The summed E-state index contributed by atoms with van der Waals surface area (Å²) in [6.45, 7) is 2.26. The zero-order valence-corrected chi connectivity index (χ0v) is 15.7. The third-order valence-electron chi connectivity index (χ3n) is 4.35. The summed E-state index contributed by atoms with van der Waals surface area (Å²) in [5.74, 6) is 0. The van der Waals surface area contributed by atoms with Crippen LogP contribution in [0.25, 0.3) is 0 Å². The Balaban J connectivity index is 2.05. The van der Waals surface area contributed by atoms with E-state index in [0.29, 0.717) is 0 Å². The molecule has 0 heterocycles. The lowest BCUT2D eigenvalue weighted by molar-refractivity contribution is 0.0342. The van der Waals surface area contributed by atoms with E-state index in [9.17, 15) is 10.2 Å². The molecule has 2 nitrogen and oxygen atoms in total. The third kappa shape index (κ3) is 10.9. The lowest BCUT2D eigenvalue weighted by Crippen LogP contribution is -2.06. The van der Waals surface area contributed by atoms with Gasteiger partial charge in [-0.3, -0.25) is 0 Å². The van der Waals surface area contributed by atoms with E-state index in [4.69, 9.17) is 0 Å². The zero-order chi connectivity index (χ0) is 16.8. The van der Waals surface area contributed by atoms with Crippen LogP contribution in [0.4, 0.5) is 0 Å². The van der Waals surface area contributed by atoms with Crippen LogP contribution in [0.1, 0.15) is 76.7 Å². The normalized spacial score (nSPS) is 12.7. The Hall–Kier alpha value is -0.430. The standard InChI is InChI=1S/C20H35O2P/c1-2-3-4-5-6-7-8-9-10-14-17-23(20(21)22)18-19-15-12-11-13-16-19/h11-13,15-16,20-22H,2-10,14,17-18H2,1H3. The van der Waals surface area contributed by atoms with E-state index < -0.39 is 14.0 Å². The van der Waals surface area contributed by atoms with Gasteiger partial charge in [-0.1, -0.05) is 95.0 Å². The first kappa shape index (κ1) is 20.6. The fraction of sp³-hybridized carbons (Fsp3) is 0.700. The van der Waals surface area contributed by atoms with Crippen LogP contribution in [-0.4, -0.2) is 22.4 Å². The molecule has 1 atom stereocenters. The molecule has 0 spiro atoms. The molecule has 0 amide bonds. The third-order valence-corrected chi connectivity index (χ3v) is 6.67. The van der Waals surface area contributed by atoms with Crippen molar-refractivity contribution in [2.45, 2.75) is 83.3 Å². The quantitative estimate of drug-likeness (QED) is 0.253. The van der Waals surface area contributed by atoms with Gasteiger partial charge in [-0.05, 0) is 32.2 Å². The summed E-state index contributed by atoms with van der Waals surface area (Å²) in [6.07, 6.45) is 15.0. The highest BCUT2D eigenvalue weighted by atomic mass is 31.1. The molecule has 1 rings (SSSR count). The van der Waals surface area contributed by atoms with E-state index in [1.165, 1.54) is 63.4 Å². The summed E-state index contributed by atoms with van der Waals surface area (Å²) in [6, 6.07) is 9.07. The van der Waals surface area contributed by atoms with Crippen molar-refractivity contribution in [3.8, 4) is 0 Å². The van der Waals surface area contributed by atoms with Crippen molar-refractivity contribution in [3.05, 3.63) is 35.9 Å². The number of hydrogen-bond acceptors (Lipinski definition) is 2. The number of aliphatic hydroxyl groups is 2. The molecule has 132 valence electrons. The number of aliphatic hydroxyl groups excluding tert-OH is 1. The largest absolute Gasteiger partial charge is 0.365 e. The van der Waals surface area contributed by atoms with Gasteiger partial charge in [0.15, 0.2) is 6.03 Å². The van der Waals surface area contributed by atoms with Gasteiger partial charge in [0.25, 0.3) is 0 Å². The van der Waals surface area contributed by atoms with Gasteiger partial charge in [0.05, 0.1) is 0 Å². The Labute approximate surface area is 144 Å². The molecule has 0 aliphatic rings. The highest BCUT2D eigenvalue weighted by molar-refractivity contribution is 7.57. The minimum Gasteiger partial charge on any atom is -0.365 e. The van der Waals surface area contributed by atoms with E-state index >= 15 is 0 Å². The second kappa shape index (κ2) is 14.0. The van der Waals surface area contributed by atoms with Crippen molar-refractivity contribution in [1.29, 1.82) is 0 Å². The van der Waals surface area contributed by atoms with Gasteiger partial charge >= 0.3 is 0 Å². The first-order valence-corrected chi connectivity index (χ1v) is 11.2. The van der Waals surface area contributed by atoms with Crippen molar-refractivity contribution in [3.63, 3.8) is 0 Å². The van der Waals surface area contributed by atoms with Gasteiger partial charge in [0.2, 0.25) is 0 Å². The van der Waals surface area contributed by atoms with Crippen molar-refractivity contribution in [2.24, 2.45) is 0 Å².